The number of amides is 1. The van der Waals surface area contributed by atoms with Crippen LogP contribution in [0.3, 0.4) is 0 Å². The van der Waals surface area contributed by atoms with Crippen LogP contribution in [0, 0.1) is 0 Å². The number of phenolic OH excluding ortho intramolecular Hbond substituents is 2. The van der Waals surface area contributed by atoms with Crippen molar-refractivity contribution in [2.75, 3.05) is 27.2 Å². The van der Waals surface area contributed by atoms with Crippen LogP contribution >= 0.6 is 0 Å². The molecule has 4 atom stereocenters. The molecule has 6 N–H and O–H groups in total. The second-order valence-corrected chi connectivity index (χ2v) is 13.9. The lowest BCUT2D eigenvalue weighted by Crippen LogP contribution is -2.45. The van der Waals surface area contributed by atoms with Gasteiger partial charge < -0.3 is 26.4 Å². The lowest BCUT2D eigenvalue weighted by atomic mass is 9.94. The van der Waals surface area contributed by atoms with Crippen molar-refractivity contribution in [3.05, 3.63) is 130 Å². The number of carbonyl (C=O) groups excluding carboxylic acids is 1. The maximum atomic E-state index is 12.3. The zero-order valence-electron chi connectivity index (χ0n) is 30.3. The highest BCUT2D eigenvalue weighted by atomic mass is 16.4. The van der Waals surface area contributed by atoms with Crippen LogP contribution in [-0.2, 0) is 35.5 Å². The van der Waals surface area contributed by atoms with E-state index >= 15 is 0 Å². The van der Waals surface area contributed by atoms with Gasteiger partial charge in [-0.2, -0.15) is 0 Å². The Morgan fingerprint density at radius 1 is 0.706 bits per heavy atom. The van der Waals surface area contributed by atoms with E-state index in [0.29, 0.717) is 37.1 Å². The molecule has 4 aromatic rings. The molecule has 6 rings (SSSR count). The Balaban J connectivity index is 0.000000189. The van der Waals surface area contributed by atoms with E-state index in [0.717, 1.165) is 31.5 Å². The van der Waals surface area contributed by atoms with E-state index in [-0.39, 0.29) is 30.2 Å². The number of carboxylic acid groups (broad SMARTS) is 1. The molecule has 9 nitrogen and oxygen atoms in total. The predicted octanol–water partition coefficient (Wildman–Crippen LogP) is 6.03. The number of hydrogen-bond donors (Lipinski definition) is 5. The minimum atomic E-state index is -0.744. The van der Waals surface area contributed by atoms with E-state index in [1.54, 1.807) is 12.1 Å². The molecule has 272 valence electrons. The van der Waals surface area contributed by atoms with E-state index in [1.807, 2.05) is 79.7 Å². The monoisotopic (exact) mass is 694 g/mol. The maximum absolute atomic E-state index is 12.3. The van der Waals surface area contributed by atoms with Crippen molar-refractivity contribution in [3.63, 3.8) is 0 Å². The summed E-state index contributed by atoms with van der Waals surface area (Å²) in [4.78, 5) is 27.2. The van der Waals surface area contributed by atoms with Crippen LogP contribution in [-0.4, -0.2) is 76.3 Å². The number of benzene rings is 4. The molecule has 2 heterocycles. The molecule has 2 aliphatic heterocycles. The first kappa shape index (κ1) is 39.1. The second-order valence-electron chi connectivity index (χ2n) is 13.9. The average molecular weight is 695 g/mol. The first-order chi connectivity index (χ1) is 24.4. The fraction of sp³-hybridized carbons (Fsp3) is 0.381. The molecule has 0 aromatic heterocycles. The average Bonchev–Trinajstić information content (AvgIpc) is 3.11. The standard InChI is InChI=1S/C21H26N2O2.C11H16N2O.C10H12O2/c1-15(16-6-4-3-5-7-16)10-21(25)22-13-19-11-17-8-9-20(24)12-18(17)14-23(19)2;1-13-7-9-5-11(14)3-2-8(9)4-10(13)6-12;1-8(7-10(11)12)9-5-3-2-4-6-9/h3-9,12,15,19,24H,10-11,13-14H2,1-2H3,(H,22,25);2-3,5,10,14H,4,6-7,12H2,1H3;2-6,8H,7H2,1H3,(H,11,12)/t15-,19-;10-;8-/m000/s1. The highest BCUT2D eigenvalue weighted by Gasteiger charge is 2.25. The van der Waals surface area contributed by atoms with Crippen LogP contribution in [0.1, 0.15) is 71.9 Å². The van der Waals surface area contributed by atoms with Gasteiger partial charge in [-0.25, -0.2) is 0 Å². The van der Waals surface area contributed by atoms with Gasteiger partial charge in [0.05, 0.1) is 6.42 Å². The first-order valence-electron chi connectivity index (χ1n) is 17.7. The van der Waals surface area contributed by atoms with Crippen molar-refractivity contribution in [1.29, 1.82) is 0 Å². The molecule has 2 aliphatic rings. The first-order valence-corrected chi connectivity index (χ1v) is 17.7. The number of carboxylic acids is 1. The summed E-state index contributed by atoms with van der Waals surface area (Å²) in [7, 11) is 4.14. The van der Waals surface area contributed by atoms with Crippen molar-refractivity contribution >= 4 is 11.9 Å². The smallest absolute Gasteiger partial charge is 0.303 e. The number of hydrogen-bond acceptors (Lipinski definition) is 7. The van der Waals surface area contributed by atoms with Gasteiger partial charge in [0.1, 0.15) is 11.5 Å². The summed E-state index contributed by atoms with van der Waals surface area (Å²) in [5, 5.41) is 30.6. The van der Waals surface area contributed by atoms with Gasteiger partial charge in [-0.05, 0) is 96.4 Å². The number of nitrogens with one attached hydrogen (secondary N) is 1. The van der Waals surface area contributed by atoms with E-state index in [4.69, 9.17) is 10.8 Å². The lowest BCUT2D eigenvalue weighted by molar-refractivity contribution is -0.137. The molecule has 51 heavy (non-hydrogen) atoms. The van der Waals surface area contributed by atoms with Crippen molar-refractivity contribution in [2.45, 2.75) is 76.5 Å². The minimum Gasteiger partial charge on any atom is -0.508 e. The summed E-state index contributed by atoms with van der Waals surface area (Å²) in [6.07, 6.45) is 2.58. The minimum absolute atomic E-state index is 0.0984. The molecule has 0 spiro atoms. The Kier molecular flexibility index (Phi) is 14.6. The topological polar surface area (TPSA) is 139 Å². The van der Waals surface area contributed by atoms with Crippen molar-refractivity contribution in [2.24, 2.45) is 5.73 Å². The van der Waals surface area contributed by atoms with Crippen LogP contribution in [0.15, 0.2) is 97.1 Å². The van der Waals surface area contributed by atoms with E-state index < -0.39 is 5.97 Å². The van der Waals surface area contributed by atoms with Crippen LogP contribution in [0.5, 0.6) is 11.5 Å². The molecule has 9 heteroatoms. The Hall–Kier alpha value is -4.70. The van der Waals surface area contributed by atoms with Gasteiger partial charge in [-0.3, -0.25) is 19.4 Å². The second kappa shape index (κ2) is 19.1. The fourth-order valence-corrected chi connectivity index (χ4v) is 6.67. The fourth-order valence-electron chi connectivity index (χ4n) is 6.67. The van der Waals surface area contributed by atoms with Crippen molar-refractivity contribution < 1.29 is 24.9 Å². The number of aromatic hydroxyl groups is 2. The third kappa shape index (κ3) is 12.0. The summed E-state index contributed by atoms with van der Waals surface area (Å²) in [6.45, 7) is 7.03. The van der Waals surface area contributed by atoms with Gasteiger partial charge in [0.15, 0.2) is 0 Å². The van der Waals surface area contributed by atoms with Gasteiger partial charge in [0.25, 0.3) is 0 Å². The van der Waals surface area contributed by atoms with E-state index in [2.05, 4.69) is 48.3 Å². The molecular formula is C42H54N4O5. The van der Waals surface area contributed by atoms with Gasteiger partial charge in [0.2, 0.25) is 5.91 Å². The summed E-state index contributed by atoms with van der Waals surface area (Å²) >= 11 is 0. The van der Waals surface area contributed by atoms with E-state index in [1.165, 1.54) is 27.8 Å². The SMILES string of the molecule is CN1Cc2cc(O)ccc2C[C@H]1CN.C[C@@H](CC(=O)NC[C@@H]1Cc2ccc(O)cc2CN1C)c1ccccc1.C[C@@H](CC(=O)O)c1ccccc1. The molecule has 4 aromatic carbocycles. The third-order valence-corrected chi connectivity index (χ3v) is 9.89. The van der Waals surface area contributed by atoms with Gasteiger partial charge in [-0.15, -0.1) is 0 Å². The number of rotatable bonds is 9. The number of aliphatic carboxylic acids is 1. The molecule has 0 saturated heterocycles. The van der Waals surface area contributed by atoms with Gasteiger partial charge in [-0.1, -0.05) is 86.6 Å². The molecule has 0 unspecified atom stereocenters. The number of carbonyl (C=O) groups is 2. The largest absolute Gasteiger partial charge is 0.508 e. The highest BCUT2D eigenvalue weighted by Crippen LogP contribution is 2.27. The van der Waals surface area contributed by atoms with Crippen LogP contribution in [0.4, 0.5) is 0 Å². The molecule has 0 fully saturated rings. The van der Waals surface area contributed by atoms with Crippen LogP contribution < -0.4 is 11.1 Å². The summed E-state index contributed by atoms with van der Waals surface area (Å²) in [6, 6.07) is 31.7. The molecule has 0 saturated carbocycles. The molecule has 0 bridgehead atoms. The molecular weight excluding hydrogens is 640 g/mol. The summed E-state index contributed by atoms with van der Waals surface area (Å²) in [5.74, 6) is 0.336. The zero-order chi connectivity index (χ0) is 36.9. The van der Waals surface area contributed by atoms with Crippen molar-refractivity contribution in [3.8, 4) is 11.5 Å². The number of phenols is 2. The zero-order valence-corrected chi connectivity index (χ0v) is 30.3. The maximum Gasteiger partial charge on any atom is 0.303 e. The van der Waals surface area contributed by atoms with Crippen LogP contribution in [0.2, 0.25) is 0 Å². The quantitative estimate of drug-likeness (QED) is 0.143. The number of fused-ring (bicyclic) bond motifs is 2. The van der Waals surface area contributed by atoms with Gasteiger partial charge in [0, 0.05) is 44.7 Å². The lowest BCUT2D eigenvalue weighted by Gasteiger charge is -2.34. The van der Waals surface area contributed by atoms with Gasteiger partial charge >= 0.3 is 5.97 Å². The number of likely N-dealkylation sites (N-methyl/N-ethyl adjacent to an activating group) is 2. The molecule has 0 radical (unpaired) electrons. The highest BCUT2D eigenvalue weighted by molar-refractivity contribution is 5.76. The Morgan fingerprint density at radius 3 is 1.63 bits per heavy atom. The number of nitrogens with two attached hydrogens (primary N) is 1. The van der Waals surface area contributed by atoms with Crippen LogP contribution in [0.25, 0.3) is 0 Å². The normalized spacial score (nSPS) is 18.0. The Bertz CT molecular complexity index is 1700. The van der Waals surface area contributed by atoms with E-state index in [9.17, 15) is 19.8 Å². The summed E-state index contributed by atoms with van der Waals surface area (Å²) in [5.41, 5.74) is 12.9. The Labute approximate surface area is 302 Å². The Morgan fingerprint density at radius 2 is 1.16 bits per heavy atom. The van der Waals surface area contributed by atoms with Crippen molar-refractivity contribution in [1.82, 2.24) is 15.1 Å². The molecule has 0 aliphatic carbocycles. The third-order valence-electron chi connectivity index (χ3n) is 9.89. The predicted molar refractivity (Wildman–Crippen MR) is 203 cm³/mol. The number of nitrogens with zero attached hydrogens (tertiary/aromatic N) is 2. The summed E-state index contributed by atoms with van der Waals surface area (Å²) < 4.78 is 0. The molecule has 1 amide bonds.